The van der Waals surface area contributed by atoms with Gasteiger partial charge in [0.05, 0.1) is 6.10 Å². The van der Waals surface area contributed by atoms with E-state index < -0.39 is 10.1 Å². The summed E-state index contributed by atoms with van der Waals surface area (Å²) in [7, 11) is 0. The van der Waals surface area contributed by atoms with Crippen LogP contribution < -0.4 is 0 Å². The van der Waals surface area contributed by atoms with Crippen LogP contribution in [0.5, 0.6) is 0 Å². The molecule has 1 saturated carbocycles. The summed E-state index contributed by atoms with van der Waals surface area (Å²) in [5, 5.41) is 10.8. The van der Waals surface area contributed by atoms with Gasteiger partial charge in [0, 0.05) is 6.42 Å². The minimum atomic E-state index is -1.31. The highest BCUT2D eigenvalue weighted by Crippen LogP contribution is 2.49. The fourth-order valence-corrected chi connectivity index (χ4v) is 4.18. The van der Waals surface area contributed by atoms with Gasteiger partial charge in [0.15, 0.2) is 15.9 Å². The van der Waals surface area contributed by atoms with Crippen molar-refractivity contribution in [3.05, 3.63) is 0 Å². The van der Waals surface area contributed by atoms with E-state index in [-0.39, 0.29) is 11.9 Å². The third-order valence-corrected chi connectivity index (χ3v) is 5.78. The molecule has 0 bridgehead atoms. The quantitative estimate of drug-likeness (QED) is 0.616. The van der Waals surface area contributed by atoms with Gasteiger partial charge in [0.2, 0.25) is 0 Å². The highest BCUT2D eigenvalue weighted by molar-refractivity contribution is 9.10. The van der Waals surface area contributed by atoms with Crippen molar-refractivity contribution >= 4 is 21.7 Å². The van der Waals surface area contributed by atoms with Gasteiger partial charge in [-0.15, -0.1) is 0 Å². The summed E-state index contributed by atoms with van der Waals surface area (Å²) in [5.41, 5.74) is -1.31. The van der Waals surface area contributed by atoms with Gasteiger partial charge in [-0.05, 0) is 38.5 Å². The van der Waals surface area contributed by atoms with E-state index in [0.717, 1.165) is 38.5 Å². The SMILES string of the molecule is CCCCCC1CCC(Br)(C2(O)CCCCC2=O)O1. The van der Waals surface area contributed by atoms with Gasteiger partial charge < -0.3 is 9.84 Å². The molecule has 3 nitrogen and oxygen atoms in total. The lowest BCUT2D eigenvalue weighted by molar-refractivity contribution is -0.166. The second-order valence-corrected chi connectivity index (χ2v) is 7.27. The third kappa shape index (κ3) is 3.06. The third-order valence-electron chi connectivity index (χ3n) is 4.54. The average molecular weight is 333 g/mol. The number of alkyl halides is 1. The zero-order chi connectivity index (χ0) is 13.9. The summed E-state index contributed by atoms with van der Waals surface area (Å²) >= 11 is 3.56. The molecule has 1 heterocycles. The molecule has 2 fully saturated rings. The Morgan fingerprint density at radius 1 is 1.37 bits per heavy atom. The molecule has 0 amide bonds. The molecule has 19 heavy (non-hydrogen) atoms. The minimum Gasteiger partial charge on any atom is -0.378 e. The van der Waals surface area contributed by atoms with E-state index in [1.807, 2.05) is 0 Å². The van der Waals surface area contributed by atoms with E-state index in [1.165, 1.54) is 12.8 Å². The van der Waals surface area contributed by atoms with E-state index in [1.54, 1.807) is 0 Å². The number of carbonyl (C=O) groups is 1. The predicted molar refractivity (Wildman–Crippen MR) is 78.3 cm³/mol. The van der Waals surface area contributed by atoms with Crippen molar-refractivity contribution in [3.63, 3.8) is 0 Å². The lowest BCUT2D eigenvalue weighted by atomic mass is 9.78. The number of ether oxygens (including phenoxy) is 1. The first-order chi connectivity index (χ1) is 9.02. The molecular weight excluding hydrogens is 308 g/mol. The molecule has 2 aliphatic rings. The summed E-state index contributed by atoms with van der Waals surface area (Å²) in [6.07, 6.45) is 9.27. The van der Waals surface area contributed by atoms with Crippen LogP contribution in [0.3, 0.4) is 0 Å². The summed E-state index contributed by atoms with van der Waals surface area (Å²) in [4.78, 5) is 12.1. The van der Waals surface area contributed by atoms with Gasteiger partial charge in [0.25, 0.3) is 0 Å². The Balaban J connectivity index is 1.97. The van der Waals surface area contributed by atoms with Crippen LogP contribution in [0.25, 0.3) is 0 Å². The molecule has 1 aliphatic heterocycles. The van der Waals surface area contributed by atoms with Crippen molar-refractivity contribution in [2.75, 3.05) is 0 Å². The van der Waals surface area contributed by atoms with E-state index >= 15 is 0 Å². The van der Waals surface area contributed by atoms with Gasteiger partial charge in [-0.25, -0.2) is 0 Å². The summed E-state index contributed by atoms with van der Waals surface area (Å²) < 4.78 is 5.22. The second kappa shape index (κ2) is 6.23. The first kappa shape index (κ1) is 15.5. The van der Waals surface area contributed by atoms with Crippen molar-refractivity contribution in [3.8, 4) is 0 Å². The Kier molecular flexibility index (Phi) is 5.07. The molecule has 1 saturated heterocycles. The Hall–Kier alpha value is 0.0700. The number of rotatable bonds is 5. The molecule has 0 radical (unpaired) electrons. The normalized spacial score (nSPS) is 39.7. The first-order valence-corrected chi connectivity index (χ1v) is 8.43. The number of halogens is 1. The molecule has 1 aliphatic carbocycles. The molecule has 110 valence electrons. The van der Waals surface area contributed by atoms with Crippen LogP contribution in [0.2, 0.25) is 0 Å². The van der Waals surface area contributed by atoms with E-state index in [9.17, 15) is 9.90 Å². The van der Waals surface area contributed by atoms with Gasteiger partial charge in [-0.1, -0.05) is 42.1 Å². The molecular formula is C15H25BrO3. The predicted octanol–water partition coefficient (Wildman–Crippen LogP) is 3.71. The van der Waals surface area contributed by atoms with Crippen molar-refractivity contribution in [1.29, 1.82) is 0 Å². The van der Waals surface area contributed by atoms with Crippen molar-refractivity contribution in [2.24, 2.45) is 0 Å². The molecule has 3 unspecified atom stereocenters. The highest BCUT2D eigenvalue weighted by atomic mass is 79.9. The Bertz CT molecular complexity index is 333. The standard InChI is InChI=1S/C15H25BrO3/c1-2-3-4-7-12-9-11-15(16,19-12)14(18)10-6-5-8-13(14)17/h12,18H,2-11H2,1H3. The van der Waals surface area contributed by atoms with Crippen molar-refractivity contribution in [1.82, 2.24) is 0 Å². The maximum absolute atomic E-state index is 12.1. The Morgan fingerprint density at radius 3 is 2.84 bits per heavy atom. The Labute approximate surface area is 124 Å². The highest BCUT2D eigenvalue weighted by Gasteiger charge is 2.58. The fourth-order valence-electron chi connectivity index (χ4n) is 3.27. The van der Waals surface area contributed by atoms with Crippen LogP contribution in [-0.4, -0.2) is 27.1 Å². The number of carbonyl (C=O) groups excluding carboxylic acids is 1. The number of aliphatic hydroxyl groups is 1. The monoisotopic (exact) mass is 332 g/mol. The number of hydrogen-bond acceptors (Lipinski definition) is 3. The van der Waals surface area contributed by atoms with Crippen LogP contribution >= 0.6 is 15.9 Å². The lowest BCUT2D eigenvalue weighted by Gasteiger charge is -2.41. The number of hydrogen-bond donors (Lipinski definition) is 1. The molecule has 4 heteroatoms. The first-order valence-electron chi connectivity index (χ1n) is 7.64. The molecule has 0 aromatic rings. The summed E-state index contributed by atoms with van der Waals surface area (Å²) in [6, 6.07) is 0. The molecule has 0 aromatic carbocycles. The zero-order valence-corrected chi connectivity index (χ0v) is 13.4. The smallest absolute Gasteiger partial charge is 0.168 e. The maximum atomic E-state index is 12.1. The van der Waals surface area contributed by atoms with Gasteiger partial charge in [0.1, 0.15) is 0 Å². The maximum Gasteiger partial charge on any atom is 0.168 e. The lowest BCUT2D eigenvalue weighted by Crippen LogP contribution is -2.57. The van der Waals surface area contributed by atoms with Crippen LogP contribution in [0, 0.1) is 0 Å². The van der Waals surface area contributed by atoms with E-state index in [2.05, 4.69) is 22.9 Å². The number of unbranched alkanes of at least 4 members (excludes halogenated alkanes) is 2. The van der Waals surface area contributed by atoms with E-state index in [0.29, 0.717) is 12.8 Å². The van der Waals surface area contributed by atoms with Crippen LogP contribution in [0.1, 0.15) is 71.1 Å². The van der Waals surface area contributed by atoms with Crippen LogP contribution in [-0.2, 0) is 9.53 Å². The fraction of sp³-hybridized carbons (Fsp3) is 0.933. The van der Waals surface area contributed by atoms with Gasteiger partial charge in [-0.2, -0.15) is 0 Å². The average Bonchev–Trinajstić information content (AvgIpc) is 2.77. The van der Waals surface area contributed by atoms with Crippen molar-refractivity contribution in [2.45, 2.75) is 87.3 Å². The Morgan fingerprint density at radius 2 is 2.16 bits per heavy atom. The molecule has 2 rings (SSSR count). The number of Topliss-reactive ketones (excluding diaryl/α,β-unsaturated/α-hetero) is 1. The molecule has 1 N–H and O–H groups in total. The largest absolute Gasteiger partial charge is 0.378 e. The second-order valence-electron chi connectivity index (χ2n) is 5.99. The number of ketones is 1. The van der Waals surface area contributed by atoms with E-state index in [4.69, 9.17) is 4.74 Å². The topological polar surface area (TPSA) is 46.5 Å². The van der Waals surface area contributed by atoms with Crippen molar-refractivity contribution < 1.29 is 14.6 Å². The van der Waals surface area contributed by atoms with Crippen LogP contribution in [0.4, 0.5) is 0 Å². The molecule has 0 spiro atoms. The van der Waals surface area contributed by atoms with Crippen LogP contribution in [0.15, 0.2) is 0 Å². The van der Waals surface area contributed by atoms with Gasteiger partial charge >= 0.3 is 0 Å². The summed E-state index contributed by atoms with van der Waals surface area (Å²) in [6.45, 7) is 2.19. The molecule has 3 atom stereocenters. The summed E-state index contributed by atoms with van der Waals surface area (Å²) in [5.74, 6) is -0.0511. The minimum absolute atomic E-state index is 0.0511. The van der Waals surface area contributed by atoms with Gasteiger partial charge in [-0.3, -0.25) is 4.79 Å². The zero-order valence-electron chi connectivity index (χ0n) is 11.8. The molecule has 0 aromatic heterocycles.